The number of Topliss-reactive ketones (excluding diaryl/α,β-unsaturated/α-hetero) is 1. The summed E-state index contributed by atoms with van der Waals surface area (Å²) in [6, 6.07) is 9.74. The number of carbonyl (C=O) groups is 1. The van der Waals surface area contributed by atoms with Crippen LogP contribution in [0.2, 0.25) is 0 Å². The van der Waals surface area contributed by atoms with Crippen molar-refractivity contribution in [1.29, 1.82) is 0 Å². The van der Waals surface area contributed by atoms with Crippen molar-refractivity contribution in [3.63, 3.8) is 0 Å². The summed E-state index contributed by atoms with van der Waals surface area (Å²) in [5.41, 5.74) is 1.65. The predicted octanol–water partition coefficient (Wildman–Crippen LogP) is 3.16. The molecule has 0 aliphatic rings. The number of carbonyl (C=O) groups excluding carboxylic acids is 1. The molecule has 2 nitrogen and oxygen atoms in total. The molecule has 0 radical (unpaired) electrons. The molecule has 0 aliphatic heterocycles. The highest BCUT2D eigenvalue weighted by Crippen LogP contribution is 2.23. The van der Waals surface area contributed by atoms with Gasteiger partial charge in [-0.05, 0) is 25.3 Å². The molecule has 0 amide bonds. The van der Waals surface area contributed by atoms with Crippen molar-refractivity contribution >= 4 is 28.4 Å². The SMILES string of the molecule is CSc1nc2ccccc2cc1C(C)=O. The molecule has 2 rings (SSSR count). The van der Waals surface area contributed by atoms with E-state index in [1.54, 1.807) is 6.92 Å². The Morgan fingerprint density at radius 2 is 2.07 bits per heavy atom. The molecule has 76 valence electrons. The third kappa shape index (κ3) is 1.88. The van der Waals surface area contributed by atoms with E-state index in [1.807, 2.05) is 36.6 Å². The first-order valence-corrected chi connectivity index (χ1v) is 5.89. The van der Waals surface area contributed by atoms with Crippen molar-refractivity contribution < 1.29 is 4.79 Å². The standard InChI is InChI=1S/C12H11NOS/c1-8(14)10-7-9-5-3-4-6-11(9)13-12(10)15-2/h3-7H,1-2H3. The van der Waals surface area contributed by atoms with Crippen LogP contribution in [0.3, 0.4) is 0 Å². The second-order valence-electron chi connectivity index (χ2n) is 3.29. The Morgan fingerprint density at radius 1 is 1.33 bits per heavy atom. The Morgan fingerprint density at radius 3 is 2.73 bits per heavy atom. The average Bonchev–Trinajstić information content (AvgIpc) is 2.27. The van der Waals surface area contributed by atoms with Gasteiger partial charge in [-0.25, -0.2) is 4.98 Å². The van der Waals surface area contributed by atoms with Crippen LogP contribution in [0.25, 0.3) is 10.9 Å². The first-order chi connectivity index (χ1) is 7.22. The molecular formula is C12H11NOS. The minimum atomic E-state index is 0.0672. The Labute approximate surface area is 92.7 Å². The Hall–Kier alpha value is -1.35. The van der Waals surface area contributed by atoms with Gasteiger partial charge in [0.25, 0.3) is 0 Å². The monoisotopic (exact) mass is 217 g/mol. The Kier molecular flexibility index (Phi) is 2.73. The van der Waals surface area contributed by atoms with Crippen molar-refractivity contribution in [2.24, 2.45) is 0 Å². The summed E-state index contributed by atoms with van der Waals surface area (Å²) in [6.45, 7) is 1.57. The molecular weight excluding hydrogens is 206 g/mol. The van der Waals surface area contributed by atoms with Crippen molar-refractivity contribution in [3.05, 3.63) is 35.9 Å². The molecule has 0 aliphatic carbocycles. The van der Waals surface area contributed by atoms with E-state index in [1.165, 1.54) is 11.8 Å². The number of nitrogens with zero attached hydrogens (tertiary/aromatic N) is 1. The van der Waals surface area contributed by atoms with E-state index < -0.39 is 0 Å². The van der Waals surface area contributed by atoms with Crippen LogP contribution in [0.15, 0.2) is 35.4 Å². The predicted molar refractivity (Wildman–Crippen MR) is 63.5 cm³/mol. The van der Waals surface area contributed by atoms with Crippen LogP contribution in [0.4, 0.5) is 0 Å². The maximum absolute atomic E-state index is 11.4. The summed E-state index contributed by atoms with van der Waals surface area (Å²) >= 11 is 1.51. The van der Waals surface area contributed by atoms with Gasteiger partial charge >= 0.3 is 0 Å². The molecule has 0 saturated heterocycles. The van der Waals surface area contributed by atoms with Crippen molar-refractivity contribution in [1.82, 2.24) is 4.98 Å². The molecule has 1 aromatic heterocycles. The minimum absolute atomic E-state index is 0.0672. The first-order valence-electron chi connectivity index (χ1n) is 4.67. The lowest BCUT2D eigenvalue weighted by Crippen LogP contribution is -1.97. The maximum atomic E-state index is 11.4. The van der Waals surface area contributed by atoms with Crippen LogP contribution >= 0.6 is 11.8 Å². The number of rotatable bonds is 2. The topological polar surface area (TPSA) is 30.0 Å². The Balaban J connectivity index is 2.74. The number of benzene rings is 1. The minimum Gasteiger partial charge on any atom is -0.294 e. The van der Waals surface area contributed by atoms with Crippen LogP contribution < -0.4 is 0 Å². The maximum Gasteiger partial charge on any atom is 0.162 e. The summed E-state index contributed by atoms with van der Waals surface area (Å²) in [5.74, 6) is 0.0672. The summed E-state index contributed by atoms with van der Waals surface area (Å²) in [7, 11) is 0. The largest absolute Gasteiger partial charge is 0.294 e. The zero-order valence-corrected chi connectivity index (χ0v) is 9.47. The lowest BCUT2D eigenvalue weighted by atomic mass is 10.1. The third-order valence-electron chi connectivity index (χ3n) is 2.26. The van der Waals surface area contributed by atoms with E-state index in [2.05, 4.69) is 4.98 Å². The van der Waals surface area contributed by atoms with Gasteiger partial charge in [-0.1, -0.05) is 18.2 Å². The van der Waals surface area contributed by atoms with Gasteiger partial charge in [0.05, 0.1) is 11.1 Å². The number of para-hydroxylation sites is 1. The average molecular weight is 217 g/mol. The van der Waals surface area contributed by atoms with Crippen LogP contribution in [0, 0.1) is 0 Å². The molecule has 0 fully saturated rings. The molecule has 2 aromatic rings. The van der Waals surface area contributed by atoms with E-state index >= 15 is 0 Å². The number of thioether (sulfide) groups is 1. The summed E-state index contributed by atoms with van der Waals surface area (Å²) in [6.07, 6.45) is 1.93. The van der Waals surface area contributed by atoms with Gasteiger partial charge in [-0.2, -0.15) is 0 Å². The fourth-order valence-electron chi connectivity index (χ4n) is 1.51. The summed E-state index contributed by atoms with van der Waals surface area (Å²) < 4.78 is 0. The number of hydrogen-bond donors (Lipinski definition) is 0. The summed E-state index contributed by atoms with van der Waals surface area (Å²) in [4.78, 5) is 15.9. The molecule has 1 heterocycles. The number of hydrogen-bond acceptors (Lipinski definition) is 3. The fourth-order valence-corrected chi connectivity index (χ4v) is 2.12. The lowest BCUT2D eigenvalue weighted by Gasteiger charge is -2.05. The van der Waals surface area contributed by atoms with E-state index in [0.29, 0.717) is 5.56 Å². The first kappa shape index (κ1) is 10.2. The molecule has 0 N–H and O–H groups in total. The van der Waals surface area contributed by atoms with Gasteiger partial charge in [-0.15, -0.1) is 11.8 Å². The smallest absolute Gasteiger partial charge is 0.162 e. The van der Waals surface area contributed by atoms with E-state index in [0.717, 1.165) is 15.9 Å². The molecule has 3 heteroatoms. The molecule has 0 atom stereocenters. The second-order valence-corrected chi connectivity index (χ2v) is 4.09. The number of aromatic nitrogens is 1. The molecule has 15 heavy (non-hydrogen) atoms. The molecule has 0 spiro atoms. The zero-order chi connectivity index (χ0) is 10.8. The molecule has 1 aromatic carbocycles. The van der Waals surface area contributed by atoms with Crippen molar-refractivity contribution in [3.8, 4) is 0 Å². The van der Waals surface area contributed by atoms with Gasteiger partial charge in [0.1, 0.15) is 5.03 Å². The molecule has 0 saturated carbocycles. The number of ketones is 1. The van der Waals surface area contributed by atoms with Crippen molar-refractivity contribution in [2.75, 3.05) is 6.26 Å². The lowest BCUT2D eigenvalue weighted by molar-refractivity contribution is 0.101. The van der Waals surface area contributed by atoms with E-state index in [9.17, 15) is 4.79 Å². The van der Waals surface area contributed by atoms with E-state index in [-0.39, 0.29) is 5.78 Å². The Bertz CT molecular complexity index is 522. The summed E-state index contributed by atoms with van der Waals surface area (Å²) in [5, 5.41) is 1.82. The van der Waals surface area contributed by atoms with E-state index in [4.69, 9.17) is 0 Å². The molecule has 0 bridgehead atoms. The van der Waals surface area contributed by atoms with Gasteiger partial charge in [0.2, 0.25) is 0 Å². The molecule has 0 unspecified atom stereocenters. The zero-order valence-electron chi connectivity index (χ0n) is 8.65. The van der Waals surface area contributed by atoms with Crippen molar-refractivity contribution in [2.45, 2.75) is 11.9 Å². The fraction of sp³-hybridized carbons (Fsp3) is 0.167. The van der Waals surface area contributed by atoms with Gasteiger partial charge < -0.3 is 0 Å². The quantitative estimate of drug-likeness (QED) is 0.571. The van der Waals surface area contributed by atoms with Gasteiger partial charge in [0, 0.05) is 5.39 Å². The van der Waals surface area contributed by atoms with Crippen LogP contribution in [-0.4, -0.2) is 17.0 Å². The number of fused-ring (bicyclic) bond motifs is 1. The van der Waals surface area contributed by atoms with Gasteiger partial charge in [0.15, 0.2) is 5.78 Å². The third-order valence-corrected chi connectivity index (χ3v) is 2.96. The van der Waals surface area contributed by atoms with Crippen LogP contribution in [0.1, 0.15) is 17.3 Å². The van der Waals surface area contributed by atoms with Gasteiger partial charge in [-0.3, -0.25) is 4.79 Å². The number of pyridine rings is 1. The van der Waals surface area contributed by atoms with Crippen LogP contribution in [-0.2, 0) is 0 Å². The highest BCUT2D eigenvalue weighted by Gasteiger charge is 2.09. The highest BCUT2D eigenvalue weighted by molar-refractivity contribution is 7.98. The van der Waals surface area contributed by atoms with Crippen LogP contribution in [0.5, 0.6) is 0 Å². The second kappa shape index (κ2) is 4.03. The normalized spacial score (nSPS) is 10.5. The highest BCUT2D eigenvalue weighted by atomic mass is 32.2.